The van der Waals surface area contributed by atoms with Crippen molar-refractivity contribution >= 4 is 0 Å². The summed E-state index contributed by atoms with van der Waals surface area (Å²) < 4.78 is 11.9. The molecule has 1 saturated carbocycles. The minimum absolute atomic E-state index is 0.0379. The summed E-state index contributed by atoms with van der Waals surface area (Å²) in [5.41, 5.74) is -0.549. The zero-order valence-electron chi connectivity index (χ0n) is 12.4. The SMILES string of the molecule is CC1CC[C@H]2C(C)C(O)O[C@H]3O[C@@]4(C)CC[C@@H]1[C@]32OO4. The average Bonchev–Trinajstić information content (AvgIpc) is 2.63. The lowest BCUT2D eigenvalue weighted by atomic mass is 9.58. The van der Waals surface area contributed by atoms with Crippen molar-refractivity contribution in [3.63, 3.8) is 0 Å². The molecule has 4 heterocycles. The molecule has 2 bridgehead atoms. The number of fused-ring (bicyclic) bond motifs is 2. The van der Waals surface area contributed by atoms with Gasteiger partial charge in [0.2, 0.25) is 5.79 Å². The zero-order chi connectivity index (χ0) is 14.1. The topological polar surface area (TPSA) is 57.2 Å². The van der Waals surface area contributed by atoms with Gasteiger partial charge in [-0.1, -0.05) is 13.8 Å². The maximum atomic E-state index is 10.2. The standard InChI is InChI=1S/C15H24O5/c1-8-4-5-11-9(2)12(16)17-13-15(11)10(8)6-7-14(3,18-13)19-20-15/h8-13,16H,4-7H2,1-3H3/t8?,9?,10-,11-,12?,13-,14+,15+/m0/s1. The molecule has 1 N–H and O–H groups in total. The van der Waals surface area contributed by atoms with Gasteiger partial charge in [0.05, 0.1) is 0 Å². The molecule has 0 aromatic heterocycles. The van der Waals surface area contributed by atoms with E-state index >= 15 is 0 Å². The molecule has 4 saturated heterocycles. The van der Waals surface area contributed by atoms with Gasteiger partial charge in [-0.05, 0) is 38.0 Å². The maximum absolute atomic E-state index is 10.2. The van der Waals surface area contributed by atoms with E-state index in [9.17, 15) is 5.11 Å². The highest BCUT2D eigenvalue weighted by atomic mass is 17.3. The van der Waals surface area contributed by atoms with Gasteiger partial charge in [-0.3, -0.25) is 0 Å². The van der Waals surface area contributed by atoms with Gasteiger partial charge in [0.15, 0.2) is 18.2 Å². The Kier molecular flexibility index (Phi) is 2.81. The summed E-state index contributed by atoms with van der Waals surface area (Å²) in [5, 5.41) is 10.2. The Hall–Kier alpha value is -0.200. The highest BCUT2D eigenvalue weighted by Crippen LogP contribution is 2.60. The Bertz CT molecular complexity index is 411. The molecule has 5 heteroatoms. The molecule has 5 nitrogen and oxygen atoms in total. The summed E-state index contributed by atoms with van der Waals surface area (Å²) in [6.45, 7) is 6.22. The molecule has 0 aromatic rings. The average molecular weight is 284 g/mol. The second kappa shape index (κ2) is 4.17. The van der Waals surface area contributed by atoms with Crippen LogP contribution in [0.3, 0.4) is 0 Å². The smallest absolute Gasteiger partial charge is 0.201 e. The number of rotatable bonds is 0. The van der Waals surface area contributed by atoms with Crippen LogP contribution in [0.2, 0.25) is 0 Å². The van der Waals surface area contributed by atoms with E-state index in [0.717, 1.165) is 19.3 Å². The molecule has 8 atom stereocenters. The Morgan fingerprint density at radius 3 is 2.65 bits per heavy atom. The van der Waals surface area contributed by atoms with Crippen LogP contribution in [0.15, 0.2) is 0 Å². The van der Waals surface area contributed by atoms with Crippen LogP contribution >= 0.6 is 0 Å². The molecule has 0 amide bonds. The number of aliphatic hydroxyl groups excluding tert-OH is 1. The molecule has 1 spiro atoms. The monoisotopic (exact) mass is 284 g/mol. The Labute approximate surface area is 119 Å². The van der Waals surface area contributed by atoms with Gasteiger partial charge in [-0.2, -0.15) is 0 Å². The Balaban J connectivity index is 1.82. The highest BCUT2D eigenvalue weighted by molar-refractivity contribution is 5.08. The van der Waals surface area contributed by atoms with Crippen molar-refractivity contribution in [3.05, 3.63) is 0 Å². The predicted molar refractivity (Wildman–Crippen MR) is 69.0 cm³/mol. The maximum Gasteiger partial charge on any atom is 0.201 e. The molecule has 5 rings (SSSR count). The van der Waals surface area contributed by atoms with Gasteiger partial charge < -0.3 is 14.6 Å². The van der Waals surface area contributed by atoms with Crippen LogP contribution in [0.5, 0.6) is 0 Å². The first kappa shape index (κ1) is 13.5. The first-order valence-corrected chi connectivity index (χ1v) is 7.84. The van der Waals surface area contributed by atoms with E-state index in [1.54, 1.807) is 0 Å². The summed E-state index contributed by atoms with van der Waals surface area (Å²) in [7, 11) is 0. The van der Waals surface area contributed by atoms with E-state index < -0.39 is 24.0 Å². The van der Waals surface area contributed by atoms with Gasteiger partial charge in [0, 0.05) is 18.3 Å². The third kappa shape index (κ3) is 1.56. The largest absolute Gasteiger partial charge is 0.368 e. The second-order valence-electron chi connectivity index (χ2n) is 7.30. The van der Waals surface area contributed by atoms with E-state index in [-0.39, 0.29) is 11.8 Å². The Morgan fingerprint density at radius 2 is 1.85 bits per heavy atom. The minimum Gasteiger partial charge on any atom is -0.368 e. The molecular weight excluding hydrogens is 260 g/mol. The molecule has 20 heavy (non-hydrogen) atoms. The number of hydrogen-bond acceptors (Lipinski definition) is 5. The highest BCUT2D eigenvalue weighted by Gasteiger charge is 2.69. The van der Waals surface area contributed by atoms with Gasteiger partial charge in [0.25, 0.3) is 0 Å². The van der Waals surface area contributed by atoms with Gasteiger partial charge >= 0.3 is 0 Å². The predicted octanol–water partition coefficient (Wildman–Crippen LogP) is 2.19. The normalized spacial score (nSPS) is 61.8. The van der Waals surface area contributed by atoms with Crippen molar-refractivity contribution in [2.45, 2.75) is 70.4 Å². The molecular formula is C15H24O5. The number of ether oxygens (including phenoxy) is 2. The van der Waals surface area contributed by atoms with Crippen LogP contribution in [-0.4, -0.2) is 29.1 Å². The quantitative estimate of drug-likeness (QED) is 0.691. The van der Waals surface area contributed by atoms with E-state index in [1.165, 1.54) is 6.42 Å². The van der Waals surface area contributed by atoms with Crippen LogP contribution < -0.4 is 0 Å². The lowest BCUT2D eigenvalue weighted by Gasteiger charge is -2.59. The lowest BCUT2D eigenvalue weighted by Crippen LogP contribution is -2.70. The van der Waals surface area contributed by atoms with Crippen molar-refractivity contribution in [2.75, 3.05) is 0 Å². The molecule has 1 aliphatic carbocycles. The fraction of sp³-hybridized carbons (Fsp3) is 1.00. The van der Waals surface area contributed by atoms with Crippen LogP contribution in [0.25, 0.3) is 0 Å². The van der Waals surface area contributed by atoms with Crippen LogP contribution in [0.4, 0.5) is 0 Å². The molecule has 114 valence electrons. The third-order valence-electron chi connectivity index (χ3n) is 6.12. The minimum atomic E-state index is -0.781. The number of aliphatic hydroxyl groups is 1. The fourth-order valence-corrected chi connectivity index (χ4v) is 4.89. The first-order valence-electron chi connectivity index (χ1n) is 7.84. The van der Waals surface area contributed by atoms with Gasteiger partial charge in [-0.25, -0.2) is 9.78 Å². The van der Waals surface area contributed by atoms with Crippen LogP contribution in [0.1, 0.15) is 46.5 Å². The second-order valence-corrected chi connectivity index (χ2v) is 7.30. The van der Waals surface area contributed by atoms with Crippen molar-refractivity contribution in [2.24, 2.45) is 23.7 Å². The lowest BCUT2D eigenvalue weighted by molar-refractivity contribution is -0.576. The van der Waals surface area contributed by atoms with E-state index in [0.29, 0.717) is 11.8 Å². The van der Waals surface area contributed by atoms with Crippen LogP contribution in [-0.2, 0) is 19.2 Å². The van der Waals surface area contributed by atoms with Crippen LogP contribution in [0, 0.1) is 23.7 Å². The van der Waals surface area contributed by atoms with Gasteiger partial charge in [-0.15, -0.1) is 0 Å². The molecule has 3 unspecified atom stereocenters. The van der Waals surface area contributed by atoms with Crippen molar-refractivity contribution in [3.8, 4) is 0 Å². The summed E-state index contributed by atoms with van der Waals surface area (Å²) in [4.78, 5) is 11.6. The molecule has 0 aromatic carbocycles. The summed E-state index contributed by atoms with van der Waals surface area (Å²) in [6.07, 6.45) is 2.72. The molecule has 5 fully saturated rings. The zero-order valence-corrected chi connectivity index (χ0v) is 12.4. The van der Waals surface area contributed by atoms with Crippen molar-refractivity contribution in [1.82, 2.24) is 0 Å². The fourth-order valence-electron chi connectivity index (χ4n) is 4.89. The third-order valence-corrected chi connectivity index (χ3v) is 6.12. The summed E-state index contributed by atoms with van der Waals surface area (Å²) >= 11 is 0. The van der Waals surface area contributed by atoms with Crippen molar-refractivity contribution in [1.29, 1.82) is 0 Å². The molecule has 0 radical (unpaired) electrons. The van der Waals surface area contributed by atoms with E-state index in [1.807, 2.05) is 13.8 Å². The first-order chi connectivity index (χ1) is 9.46. The summed E-state index contributed by atoms with van der Waals surface area (Å²) in [5.74, 6) is 0.437. The molecule has 5 aliphatic rings. The Morgan fingerprint density at radius 1 is 1.05 bits per heavy atom. The summed E-state index contributed by atoms with van der Waals surface area (Å²) in [6, 6.07) is 0. The van der Waals surface area contributed by atoms with Gasteiger partial charge in [0.1, 0.15) is 0 Å². The van der Waals surface area contributed by atoms with E-state index in [4.69, 9.17) is 19.2 Å². The van der Waals surface area contributed by atoms with E-state index in [2.05, 4.69) is 6.92 Å². The number of hydrogen-bond donors (Lipinski definition) is 1. The molecule has 4 aliphatic heterocycles. The van der Waals surface area contributed by atoms with Crippen molar-refractivity contribution < 1.29 is 24.4 Å².